The number of nitrogens with one attached hydrogen (secondary N) is 1. The number of hydrogen-bond acceptors (Lipinski definition) is 6. The SMILES string of the molecule is COc1ccc(S(=O)(=O)N(CC(=O)N/N=C\c2ccccc2OC)c2ccc(C)cc2)cc1Br. The predicted octanol–water partition coefficient (Wildman–Crippen LogP) is 4.12. The number of hydrazone groups is 1. The van der Waals surface area contributed by atoms with E-state index in [9.17, 15) is 13.2 Å². The van der Waals surface area contributed by atoms with E-state index < -0.39 is 22.5 Å². The summed E-state index contributed by atoms with van der Waals surface area (Å²) >= 11 is 3.32. The molecule has 0 aliphatic heterocycles. The van der Waals surface area contributed by atoms with Crippen molar-refractivity contribution in [3.63, 3.8) is 0 Å². The van der Waals surface area contributed by atoms with Crippen LogP contribution in [-0.2, 0) is 14.8 Å². The first-order valence-electron chi connectivity index (χ1n) is 10.1. The molecule has 3 rings (SSSR count). The van der Waals surface area contributed by atoms with Crippen LogP contribution in [0.1, 0.15) is 11.1 Å². The first-order chi connectivity index (χ1) is 16.3. The largest absolute Gasteiger partial charge is 0.496 e. The molecule has 0 radical (unpaired) electrons. The zero-order valence-corrected chi connectivity index (χ0v) is 21.3. The lowest BCUT2D eigenvalue weighted by Gasteiger charge is -2.24. The van der Waals surface area contributed by atoms with Crippen molar-refractivity contribution in [3.8, 4) is 11.5 Å². The molecule has 0 fully saturated rings. The normalized spacial score (nSPS) is 11.3. The van der Waals surface area contributed by atoms with Crippen molar-refractivity contribution in [1.82, 2.24) is 5.43 Å². The molecule has 0 heterocycles. The van der Waals surface area contributed by atoms with Crippen molar-refractivity contribution in [2.45, 2.75) is 11.8 Å². The summed E-state index contributed by atoms with van der Waals surface area (Å²) in [5.74, 6) is 0.474. The molecule has 0 aromatic heterocycles. The molecule has 8 nitrogen and oxygen atoms in total. The van der Waals surface area contributed by atoms with Crippen LogP contribution in [0, 0.1) is 6.92 Å². The second-order valence-electron chi connectivity index (χ2n) is 7.18. The van der Waals surface area contributed by atoms with E-state index in [-0.39, 0.29) is 4.90 Å². The second kappa shape index (κ2) is 11.2. The number of halogens is 1. The zero-order valence-electron chi connectivity index (χ0n) is 18.9. The number of carbonyl (C=O) groups is 1. The second-order valence-corrected chi connectivity index (χ2v) is 9.90. The van der Waals surface area contributed by atoms with Crippen LogP contribution in [-0.4, -0.2) is 41.3 Å². The molecule has 0 atom stereocenters. The van der Waals surface area contributed by atoms with Gasteiger partial charge in [-0.2, -0.15) is 5.10 Å². The van der Waals surface area contributed by atoms with Gasteiger partial charge < -0.3 is 9.47 Å². The number of nitrogens with zero attached hydrogens (tertiary/aromatic N) is 2. The molecule has 0 saturated carbocycles. The Balaban J connectivity index is 1.87. The van der Waals surface area contributed by atoms with E-state index in [1.807, 2.05) is 19.1 Å². The summed E-state index contributed by atoms with van der Waals surface area (Å²) in [6.45, 7) is 1.42. The van der Waals surface area contributed by atoms with Gasteiger partial charge in [-0.3, -0.25) is 9.10 Å². The fourth-order valence-corrected chi connectivity index (χ4v) is 5.21. The Bertz CT molecular complexity index is 1290. The Morgan fingerprint density at radius 3 is 2.35 bits per heavy atom. The molecule has 0 saturated heterocycles. The quantitative estimate of drug-likeness (QED) is 0.322. The molecule has 34 heavy (non-hydrogen) atoms. The van der Waals surface area contributed by atoms with Crippen LogP contribution in [0.4, 0.5) is 5.69 Å². The molecule has 178 valence electrons. The van der Waals surface area contributed by atoms with Crippen molar-refractivity contribution < 1.29 is 22.7 Å². The number of sulfonamides is 1. The number of rotatable bonds is 9. The Hall–Kier alpha value is -3.37. The van der Waals surface area contributed by atoms with Crippen molar-refractivity contribution >= 4 is 43.8 Å². The van der Waals surface area contributed by atoms with Gasteiger partial charge in [0.05, 0.1) is 35.5 Å². The lowest BCUT2D eigenvalue weighted by Crippen LogP contribution is -2.39. The monoisotopic (exact) mass is 545 g/mol. The molecule has 1 N–H and O–H groups in total. The highest BCUT2D eigenvalue weighted by Gasteiger charge is 2.28. The smallest absolute Gasteiger partial charge is 0.264 e. The first-order valence-corrected chi connectivity index (χ1v) is 12.4. The van der Waals surface area contributed by atoms with Gasteiger partial charge in [0, 0.05) is 5.56 Å². The number of hydrogen-bond donors (Lipinski definition) is 1. The van der Waals surface area contributed by atoms with Crippen LogP contribution in [0.5, 0.6) is 11.5 Å². The predicted molar refractivity (Wildman–Crippen MR) is 135 cm³/mol. The molecule has 0 bridgehead atoms. The van der Waals surface area contributed by atoms with Crippen LogP contribution < -0.4 is 19.2 Å². The Kier molecular flexibility index (Phi) is 8.30. The minimum absolute atomic E-state index is 0.00562. The summed E-state index contributed by atoms with van der Waals surface area (Å²) in [5, 5.41) is 3.95. The minimum Gasteiger partial charge on any atom is -0.496 e. The summed E-state index contributed by atoms with van der Waals surface area (Å²) in [7, 11) is -1.06. The third-order valence-corrected chi connectivity index (χ3v) is 7.24. The molecule has 3 aromatic rings. The molecule has 10 heteroatoms. The Labute approximate surface area is 207 Å². The van der Waals surface area contributed by atoms with E-state index in [0.29, 0.717) is 27.2 Å². The molecular formula is C24H24BrN3O5S. The maximum Gasteiger partial charge on any atom is 0.264 e. The lowest BCUT2D eigenvalue weighted by molar-refractivity contribution is -0.119. The number of methoxy groups -OCH3 is 2. The lowest BCUT2D eigenvalue weighted by atomic mass is 10.2. The fourth-order valence-electron chi connectivity index (χ4n) is 3.07. The summed E-state index contributed by atoms with van der Waals surface area (Å²) in [6, 6.07) is 18.4. The number of benzene rings is 3. The number of aryl methyl sites for hydroxylation is 1. The number of carbonyl (C=O) groups excluding carboxylic acids is 1. The van der Waals surface area contributed by atoms with Gasteiger partial charge in [-0.15, -0.1) is 0 Å². The molecule has 3 aromatic carbocycles. The van der Waals surface area contributed by atoms with E-state index in [2.05, 4.69) is 26.5 Å². The molecule has 0 aliphatic carbocycles. The minimum atomic E-state index is -4.08. The molecule has 0 spiro atoms. The third-order valence-electron chi connectivity index (χ3n) is 4.85. The Morgan fingerprint density at radius 2 is 1.71 bits per heavy atom. The van der Waals surface area contributed by atoms with E-state index in [4.69, 9.17) is 9.47 Å². The van der Waals surface area contributed by atoms with Crippen molar-refractivity contribution in [2.24, 2.45) is 5.10 Å². The third kappa shape index (κ3) is 5.95. The number of anilines is 1. The molecule has 0 aliphatic rings. The number of ether oxygens (including phenoxy) is 2. The van der Waals surface area contributed by atoms with Crippen LogP contribution in [0.2, 0.25) is 0 Å². The van der Waals surface area contributed by atoms with Gasteiger partial charge in [0.25, 0.3) is 15.9 Å². The highest BCUT2D eigenvalue weighted by Crippen LogP contribution is 2.30. The van der Waals surface area contributed by atoms with Gasteiger partial charge in [-0.25, -0.2) is 13.8 Å². The molecule has 0 unspecified atom stereocenters. The number of para-hydroxylation sites is 1. The van der Waals surface area contributed by atoms with Gasteiger partial charge in [0.2, 0.25) is 0 Å². The van der Waals surface area contributed by atoms with Gasteiger partial charge in [0.1, 0.15) is 18.0 Å². The van der Waals surface area contributed by atoms with E-state index in [1.54, 1.807) is 42.5 Å². The van der Waals surface area contributed by atoms with Gasteiger partial charge in [-0.1, -0.05) is 29.8 Å². The Morgan fingerprint density at radius 1 is 1.03 bits per heavy atom. The van der Waals surface area contributed by atoms with Crippen molar-refractivity contribution in [2.75, 3.05) is 25.1 Å². The topological polar surface area (TPSA) is 97.3 Å². The molecular weight excluding hydrogens is 522 g/mol. The van der Waals surface area contributed by atoms with E-state index in [1.165, 1.54) is 32.6 Å². The van der Waals surface area contributed by atoms with Crippen LogP contribution in [0.3, 0.4) is 0 Å². The number of amides is 1. The van der Waals surface area contributed by atoms with Crippen molar-refractivity contribution in [3.05, 3.63) is 82.3 Å². The molecule has 1 amide bonds. The highest BCUT2D eigenvalue weighted by atomic mass is 79.9. The standard InChI is InChI=1S/C24H24BrN3O5S/c1-17-8-10-19(11-9-17)28(34(30,31)20-12-13-23(33-3)21(25)14-20)16-24(29)27-26-15-18-6-4-5-7-22(18)32-2/h4-15H,16H2,1-3H3,(H,27,29)/b26-15-. The average Bonchev–Trinajstić information content (AvgIpc) is 2.83. The maximum atomic E-state index is 13.5. The van der Waals surface area contributed by atoms with Gasteiger partial charge >= 0.3 is 0 Å². The van der Waals surface area contributed by atoms with Crippen LogP contribution in [0.15, 0.2) is 81.2 Å². The maximum absolute atomic E-state index is 13.5. The first kappa shape index (κ1) is 25.3. The van der Waals surface area contributed by atoms with Crippen molar-refractivity contribution in [1.29, 1.82) is 0 Å². The van der Waals surface area contributed by atoms with Crippen LogP contribution >= 0.6 is 15.9 Å². The fraction of sp³-hybridized carbons (Fsp3) is 0.167. The summed E-state index contributed by atoms with van der Waals surface area (Å²) in [4.78, 5) is 12.7. The summed E-state index contributed by atoms with van der Waals surface area (Å²) in [6.07, 6.45) is 1.43. The zero-order chi connectivity index (χ0) is 24.7. The summed E-state index contributed by atoms with van der Waals surface area (Å²) < 4.78 is 39.0. The average molecular weight is 546 g/mol. The highest BCUT2D eigenvalue weighted by molar-refractivity contribution is 9.10. The van der Waals surface area contributed by atoms with E-state index in [0.717, 1.165) is 9.87 Å². The van der Waals surface area contributed by atoms with Gasteiger partial charge in [0.15, 0.2) is 0 Å². The van der Waals surface area contributed by atoms with Crippen LogP contribution in [0.25, 0.3) is 0 Å². The summed E-state index contributed by atoms with van der Waals surface area (Å²) in [5.41, 5.74) is 4.36. The van der Waals surface area contributed by atoms with Gasteiger partial charge in [-0.05, 0) is 65.3 Å². The van der Waals surface area contributed by atoms with E-state index >= 15 is 0 Å².